The van der Waals surface area contributed by atoms with E-state index in [2.05, 4.69) is 5.32 Å². The van der Waals surface area contributed by atoms with Gasteiger partial charge in [-0.3, -0.25) is 9.59 Å². The fourth-order valence-corrected chi connectivity index (χ4v) is 2.99. The standard InChI is InChI=1S/C19H28N2O4/c1-14-4-5-17(15(2)12-14)25-13-18(22)20-16-6-9-21(10-7-16)19(23)8-11-24-3/h4-5,12,16H,6-11,13H2,1-3H3,(H,20,22). The highest BCUT2D eigenvalue weighted by atomic mass is 16.5. The van der Waals surface area contributed by atoms with Crippen molar-refractivity contribution in [1.82, 2.24) is 10.2 Å². The minimum absolute atomic E-state index is 0.0108. The van der Waals surface area contributed by atoms with E-state index in [4.69, 9.17) is 9.47 Å². The average Bonchev–Trinajstić information content (AvgIpc) is 2.59. The van der Waals surface area contributed by atoms with E-state index in [1.807, 2.05) is 36.9 Å². The Morgan fingerprint density at radius 3 is 2.60 bits per heavy atom. The first-order valence-corrected chi connectivity index (χ1v) is 8.75. The maximum absolute atomic E-state index is 12.1. The maximum atomic E-state index is 12.1. The lowest BCUT2D eigenvalue weighted by molar-refractivity contribution is -0.133. The molecule has 2 amide bonds. The number of hydrogen-bond donors (Lipinski definition) is 1. The van der Waals surface area contributed by atoms with Gasteiger partial charge in [0.05, 0.1) is 13.0 Å². The van der Waals surface area contributed by atoms with Crippen LogP contribution in [0.5, 0.6) is 5.75 Å². The number of hydrogen-bond acceptors (Lipinski definition) is 4. The highest BCUT2D eigenvalue weighted by Gasteiger charge is 2.23. The van der Waals surface area contributed by atoms with E-state index >= 15 is 0 Å². The fourth-order valence-electron chi connectivity index (χ4n) is 2.99. The number of carbonyl (C=O) groups is 2. The number of ether oxygens (including phenoxy) is 2. The van der Waals surface area contributed by atoms with E-state index in [0.29, 0.717) is 26.1 Å². The van der Waals surface area contributed by atoms with Crippen LogP contribution >= 0.6 is 0 Å². The lowest BCUT2D eigenvalue weighted by atomic mass is 10.0. The van der Waals surface area contributed by atoms with Crippen LogP contribution in [0.2, 0.25) is 0 Å². The quantitative estimate of drug-likeness (QED) is 0.816. The van der Waals surface area contributed by atoms with Crippen LogP contribution in [0.1, 0.15) is 30.4 Å². The summed E-state index contributed by atoms with van der Waals surface area (Å²) in [5, 5.41) is 3.00. The van der Waals surface area contributed by atoms with Crippen LogP contribution in [0.3, 0.4) is 0 Å². The lowest BCUT2D eigenvalue weighted by Crippen LogP contribution is -2.47. The number of rotatable bonds is 7. The summed E-state index contributed by atoms with van der Waals surface area (Å²) in [6.45, 7) is 5.80. The van der Waals surface area contributed by atoms with Crippen LogP contribution in [0.15, 0.2) is 18.2 Å². The van der Waals surface area contributed by atoms with Crippen LogP contribution in [0, 0.1) is 13.8 Å². The van der Waals surface area contributed by atoms with E-state index in [-0.39, 0.29) is 24.5 Å². The van der Waals surface area contributed by atoms with Gasteiger partial charge in [0.2, 0.25) is 5.91 Å². The van der Waals surface area contributed by atoms with E-state index in [9.17, 15) is 9.59 Å². The van der Waals surface area contributed by atoms with Crippen molar-refractivity contribution in [3.8, 4) is 5.75 Å². The number of benzene rings is 1. The molecule has 0 radical (unpaired) electrons. The summed E-state index contributed by atoms with van der Waals surface area (Å²) in [6, 6.07) is 5.99. The van der Waals surface area contributed by atoms with Gasteiger partial charge in [0.1, 0.15) is 5.75 Å². The number of nitrogens with one attached hydrogen (secondary N) is 1. The summed E-state index contributed by atoms with van der Waals surface area (Å²) in [5.41, 5.74) is 2.19. The normalized spacial score (nSPS) is 15.1. The summed E-state index contributed by atoms with van der Waals surface area (Å²) in [5.74, 6) is 0.730. The van der Waals surface area contributed by atoms with Crippen molar-refractivity contribution in [2.24, 2.45) is 0 Å². The van der Waals surface area contributed by atoms with Crippen molar-refractivity contribution in [3.05, 3.63) is 29.3 Å². The Balaban J connectivity index is 1.70. The molecular weight excluding hydrogens is 320 g/mol. The molecule has 0 spiro atoms. The molecule has 25 heavy (non-hydrogen) atoms. The zero-order chi connectivity index (χ0) is 18.2. The Bertz CT molecular complexity index is 595. The Hall–Kier alpha value is -2.08. The second-order valence-corrected chi connectivity index (χ2v) is 6.52. The third-order valence-electron chi connectivity index (χ3n) is 4.42. The lowest BCUT2D eigenvalue weighted by Gasteiger charge is -2.32. The molecule has 1 N–H and O–H groups in total. The number of aryl methyl sites for hydroxylation is 2. The minimum Gasteiger partial charge on any atom is -0.484 e. The van der Waals surface area contributed by atoms with Crippen molar-refractivity contribution in [3.63, 3.8) is 0 Å². The van der Waals surface area contributed by atoms with Crippen molar-refractivity contribution in [2.75, 3.05) is 33.4 Å². The Labute approximate surface area is 149 Å². The molecule has 0 aliphatic carbocycles. The third kappa shape index (κ3) is 6.05. The number of nitrogens with zero attached hydrogens (tertiary/aromatic N) is 1. The highest BCUT2D eigenvalue weighted by molar-refractivity contribution is 5.78. The van der Waals surface area contributed by atoms with Gasteiger partial charge in [0.25, 0.3) is 5.91 Å². The van der Waals surface area contributed by atoms with Crippen LogP contribution < -0.4 is 10.1 Å². The number of piperidine rings is 1. The zero-order valence-electron chi connectivity index (χ0n) is 15.3. The molecule has 1 saturated heterocycles. The van der Waals surface area contributed by atoms with Gasteiger partial charge in [-0.1, -0.05) is 17.7 Å². The molecule has 0 atom stereocenters. The number of carbonyl (C=O) groups excluding carboxylic acids is 2. The van der Waals surface area contributed by atoms with E-state index in [1.54, 1.807) is 7.11 Å². The first kappa shape index (κ1) is 19.2. The van der Waals surface area contributed by atoms with Crippen LogP contribution in [0.25, 0.3) is 0 Å². The molecule has 6 nitrogen and oxygen atoms in total. The molecule has 1 fully saturated rings. The first-order chi connectivity index (χ1) is 12.0. The molecular formula is C19H28N2O4. The molecule has 0 unspecified atom stereocenters. The minimum atomic E-state index is -0.121. The maximum Gasteiger partial charge on any atom is 0.258 e. The third-order valence-corrected chi connectivity index (χ3v) is 4.42. The monoisotopic (exact) mass is 348 g/mol. The summed E-state index contributed by atoms with van der Waals surface area (Å²) in [4.78, 5) is 25.9. The van der Waals surface area contributed by atoms with Gasteiger partial charge in [-0.25, -0.2) is 0 Å². The van der Waals surface area contributed by atoms with Gasteiger partial charge in [-0.15, -0.1) is 0 Å². The molecule has 0 aromatic heterocycles. The number of amides is 2. The van der Waals surface area contributed by atoms with Crippen molar-refractivity contribution >= 4 is 11.8 Å². The predicted octanol–water partition coefficient (Wildman–Crippen LogP) is 1.83. The highest BCUT2D eigenvalue weighted by Crippen LogP contribution is 2.18. The summed E-state index contributed by atoms with van der Waals surface area (Å²) < 4.78 is 10.5. The zero-order valence-corrected chi connectivity index (χ0v) is 15.3. The van der Waals surface area contributed by atoms with Gasteiger partial charge in [0.15, 0.2) is 6.61 Å². The number of likely N-dealkylation sites (tertiary alicyclic amines) is 1. The molecule has 1 aromatic rings. The van der Waals surface area contributed by atoms with Crippen molar-refractivity contribution in [1.29, 1.82) is 0 Å². The Morgan fingerprint density at radius 2 is 1.96 bits per heavy atom. The van der Waals surface area contributed by atoms with Gasteiger partial charge < -0.3 is 19.7 Å². The molecule has 138 valence electrons. The van der Waals surface area contributed by atoms with Crippen molar-refractivity contribution < 1.29 is 19.1 Å². The van der Waals surface area contributed by atoms with Gasteiger partial charge in [-0.2, -0.15) is 0 Å². The molecule has 0 bridgehead atoms. The van der Waals surface area contributed by atoms with Gasteiger partial charge in [0, 0.05) is 26.2 Å². The molecule has 1 aromatic carbocycles. The predicted molar refractivity (Wildman–Crippen MR) is 95.6 cm³/mol. The molecule has 0 saturated carbocycles. The summed E-state index contributed by atoms with van der Waals surface area (Å²) >= 11 is 0. The molecule has 6 heteroatoms. The molecule has 2 rings (SSSR count). The second-order valence-electron chi connectivity index (χ2n) is 6.52. The first-order valence-electron chi connectivity index (χ1n) is 8.75. The average molecular weight is 348 g/mol. The van der Waals surface area contributed by atoms with Crippen LogP contribution in [0.4, 0.5) is 0 Å². The van der Waals surface area contributed by atoms with E-state index in [0.717, 1.165) is 24.2 Å². The Kier molecular flexibility index (Phi) is 7.25. The molecule has 1 heterocycles. The van der Waals surface area contributed by atoms with Crippen molar-refractivity contribution in [2.45, 2.75) is 39.2 Å². The number of methoxy groups -OCH3 is 1. The van der Waals surface area contributed by atoms with Crippen LogP contribution in [-0.4, -0.2) is 56.2 Å². The van der Waals surface area contributed by atoms with Gasteiger partial charge in [-0.05, 0) is 38.3 Å². The molecule has 1 aliphatic rings. The SMILES string of the molecule is COCCC(=O)N1CCC(NC(=O)COc2ccc(C)cc2C)CC1. The topological polar surface area (TPSA) is 67.9 Å². The Morgan fingerprint density at radius 1 is 1.24 bits per heavy atom. The van der Waals surface area contributed by atoms with E-state index in [1.165, 1.54) is 5.56 Å². The van der Waals surface area contributed by atoms with Crippen LogP contribution in [-0.2, 0) is 14.3 Å². The summed E-state index contributed by atoms with van der Waals surface area (Å²) in [6.07, 6.45) is 1.96. The van der Waals surface area contributed by atoms with E-state index < -0.39 is 0 Å². The second kappa shape index (κ2) is 9.42. The fraction of sp³-hybridized carbons (Fsp3) is 0.579. The smallest absolute Gasteiger partial charge is 0.258 e. The van der Waals surface area contributed by atoms with Gasteiger partial charge >= 0.3 is 0 Å². The molecule has 1 aliphatic heterocycles. The largest absolute Gasteiger partial charge is 0.484 e. The summed E-state index contributed by atoms with van der Waals surface area (Å²) in [7, 11) is 1.59.